The van der Waals surface area contributed by atoms with Crippen LogP contribution in [-0.4, -0.2) is 63.7 Å². The summed E-state index contributed by atoms with van der Waals surface area (Å²) in [5.41, 5.74) is 8.05. The molecule has 1 heterocycles. The fourth-order valence-electron chi connectivity index (χ4n) is 4.01. The van der Waals surface area contributed by atoms with Gasteiger partial charge in [0, 0.05) is 22.9 Å². The number of carboxylic acids is 1. The molecule has 204 valence electrons. The van der Waals surface area contributed by atoms with Crippen LogP contribution in [0.15, 0.2) is 30.5 Å². The molecule has 0 saturated carbocycles. The number of para-hydroxylation sites is 1. The summed E-state index contributed by atoms with van der Waals surface area (Å²) < 4.78 is 0. The molecular formula is C26H39N5O5S. The standard InChI is InChI=1S/C26H39N5O5S/c1-5-15(4)22(25(34)30-21(13-37)26(35)36)31-24(33)20(10-14(2)3)29-23(32)18(27)11-16-12-28-19-9-7-6-8-17(16)19/h6-9,12,14-15,18,20-22,28,37H,5,10-11,13,27H2,1-4H3,(H,29,32)(H,30,34)(H,31,33)(H,35,36). The molecule has 10 nitrogen and oxygen atoms in total. The van der Waals surface area contributed by atoms with Crippen LogP contribution in [0.5, 0.6) is 0 Å². The third kappa shape index (κ3) is 8.50. The first-order chi connectivity index (χ1) is 17.5. The Balaban J connectivity index is 2.13. The van der Waals surface area contributed by atoms with Crippen LogP contribution in [0, 0.1) is 11.8 Å². The summed E-state index contributed by atoms with van der Waals surface area (Å²) in [6.07, 6.45) is 3.00. The highest BCUT2D eigenvalue weighted by atomic mass is 32.1. The van der Waals surface area contributed by atoms with Gasteiger partial charge in [-0.3, -0.25) is 14.4 Å². The minimum absolute atomic E-state index is 0.0670. The van der Waals surface area contributed by atoms with Gasteiger partial charge in [0.2, 0.25) is 17.7 Å². The molecule has 0 aliphatic rings. The first-order valence-electron chi connectivity index (χ1n) is 12.5. The summed E-state index contributed by atoms with van der Waals surface area (Å²) in [4.78, 5) is 53.6. The van der Waals surface area contributed by atoms with E-state index in [1.54, 1.807) is 6.92 Å². The average molecular weight is 534 g/mol. The number of carbonyl (C=O) groups excluding carboxylic acids is 3. The fourth-order valence-corrected chi connectivity index (χ4v) is 4.26. The number of fused-ring (bicyclic) bond motifs is 1. The Morgan fingerprint density at radius 2 is 1.65 bits per heavy atom. The van der Waals surface area contributed by atoms with Gasteiger partial charge >= 0.3 is 5.97 Å². The number of aromatic nitrogens is 1. The topological polar surface area (TPSA) is 166 Å². The van der Waals surface area contributed by atoms with Gasteiger partial charge in [-0.25, -0.2) is 4.79 Å². The molecule has 0 saturated heterocycles. The average Bonchev–Trinajstić information content (AvgIpc) is 3.26. The Labute approximate surface area is 222 Å². The van der Waals surface area contributed by atoms with Gasteiger partial charge in [-0.05, 0) is 36.3 Å². The molecule has 3 amide bonds. The largest absolute Gasteiger partial charge is 0.480 e. The third-order valence-corrected chi connectivity index (χ3v) is 6.75. The molecule has 1 aromatic heterocycles. The van der Waals surface area contributed by atoms with Crippen LogP contribution in [0.1, 0.15) is 46.1 Å². The molecule has 2 aromatic rings. The molecule has 0 bridgehead atoms. The number of H-pyrrole nitrogens is 1. The van der Waals surface area contributed by atoms with E-state index in [2.05, 4.69) is 33.6 Å². The number of benzene rings is 1. The lowest BCUT2D eigenvalue weighted by atomic mass is 9.96. The summed E-state index contributed by atoms with van der Waals surface area (Å²) in [7, 11) is 0. The molecule has 0 aliphatic carbocycles. The summed E-state index contributed by atoms with van der Waals surface area (Å²) in [6, 6.07) is 3.74. The van der Waals surface area contributed by atoms with Crippen LogP contribution in [-0.2, 0) is 25.6 Å². The van der Waals surface area contributed by atoms with Crippen molar-refractivity contribution in [2.24, 2.45) is 17.6 Å². The zero-order chi connectivity index (χ0) is 27.7. The number of aromatic amines is 1. The number of nitrogens with one attached hydrogen (secondary N) is 4. The van der Waals surface area contributed by atoms with Gasteiger partial charge in [0.25, 0.3) is 0 Å². The van der Waals surface area contributed by atoms with Crippen molar-refractivity contribution in [3.63, 3.8) is 0 Å². The second-order valence-electron chi connectivity index (χ2n) is 9.81. The highest BCUT2D eigenvalue weighted by Crippen LogP contribution is 2.19. The van der Waals surface area contributed by atoms with Crippen molar-refractivity contribution in [3.8, 4) is 0 Å². The number of aliphatic carboxylic acids is 1. The van der Waals surface area contributed by atoms with Crippen molar-refractivity contribution in [1.82, 2.24) is 20.9 Å². The molecule has 37 heavy (non-hydrogen) atoms. The number of hydrogen-bond donors (Lipinski definition) is 7. The first-order valence-corrected chi connectivity index (χ1v) is 13.2. The second kappa shape index (κ2) is 14.0. The highest BCUT2D eigenvalue weighted by molar-refractivity contribution is 7.80. The SMILES string of the molecule is CCC(C)C(NC(=O)C(CC(C)C)NC(=O)C(N)Cc1c[nH]c2ccccc12)C(=O)NC(CS)C(=O)O. The van der Waals surface area contributed by atoms with Gasteiger partial charge in [-0.2, -0.15) is 12.6 Å². The number of hydrogen-bond acceptors (Lipinski definition) is 6. The Hall–Kier alpha value is -3.05. The van der Waals surface area contributed by atoms with Gasteiger partial charge in [0.15, 0.2) is 0 Å². The van der Waals surface area contributed by atoms with E-state index in [1.807, 2.05) is 51.2 Å². The van der Waals surface area contributed by atoms with E-state index in [0.29, 0.717) is 12.8 Å². The van der Waals surface area contributed by atoms with E-state index in [4.69, 9.17) is 5.73 Å². The number of amides is 3. The van der Waals surface area contributed by atoms with Crippen molar-refractivity contribution in [2.75, 3.05) is 5.75 Å². The maximum atomic E-state index is 13.3. The van der Waals surface area contributed by atoms with Crippen molar-refractivity contribution < 1.29 is 24.3 Å². The Morgan fingerprint density at radius 1 is 1.00 bits per heavy atom. The third-order valence-electron chi connectivity index (χ3n) is 6.38. The van der Waals surface area contributed by atoms with E-state index in [-0.39, 0.29) is 24.0 Å². The monoisotopic (exact) mass is 533 g/mol. The minimum atomic E-state index is -1.22. The number of thiol groups is 1. The summed E-state index contributed by atoms with van der Waals surface area (Å²) in [5, 5.41) is 18.1. The van der Waals surface area contributed by atoms with Gasteiger partial charge in [-0.15, -0.1) is 0 Å². The Morgan fingerprint density at radius 3 is 2.24 bits per heavy atom. The highest BCUT2D eigenvalue weighted by Gasteiger charge is 2.32. The van der Waals surface area contributed by atoms with Gasteiger partial charge in [0.05, 0.1) is 6.04 Å². The summed E-state index contributed by atoms with van der Waals surface area (Å²) in [5.74, 6) is -3.14. The maximum Gasteiger partial charge on any atom is 0.327 e. The molecule has 11 heteroatoms. The summed E-state index contributed by atoms with van der Waals surface area (Å²) >= 11 is 3.98. The van der Waals surface area contributed by atoms with Crippen molar-refractivity contribution in [2.45, 2.75) is 71.1 Å². The van der Waals surface area contributed by atoms with E-state index in [0.717, 1.165) is 16.5 Å². The molecule has 0 aliphatic heterocycles. The quantitative estimate of drug-likeness (QED) is 0.182. The van der Waals surface area contributed by atoms with E-state index in [1.165, 1.54) is 0 Å². The lowest BCUT2D eigenvalue weighted by molar-refractivity contribution is -0.142. The molecule has 5 atom stereocenters. The van der Waals surface area contributed by atoms with Crippen LogP contribution >= 0.6 is 12.6 Å². The van der Waals surface area contributed by atoms with Gasteiger partial charge in [-0.1, -0.05) is 52.3 Å². The van der Waals surface area contributed by atoms with Gasteiger partial charge < -0.3 is 31.8 Å². The normalized spacial score (nSPS) is 15.4. The molecule has 1 aromatic carbocycles. The molecule has 0 radical (unpaired) electrons. The number of nitrogens with two attached hydrogens (primary N) is 1. The molecule has 0 fully saturated rings. The van der Waals surface area contributed by atoms with Crippen LogP contribution in [0.4, 0.5) is 0 Å². The minimum Gasteiger partial charge on any atom is -0.480 e. The van der Waals surface area contributed by atoms with E-state index >= 15 is 0 Å². The zero-order valence-electron chi connectivity index (χ0n) is 21.8. The van der Waals surface area contributed by atoms with Gasteiger partial charge in [0.1, 0.15) is 18.1 Å². The lowest BCUT2D eigenvalue weighted by Crippen LogP contribution is -2.59. The van der Waals surface area contributed by atoms with E-state index in [9.17, 15) is 24.3 Å². The molecular weight excluding hydrogens is 494 g/mol. The maximum absolute atomic E-state index is 13.3. The summed E-state index contributed by atoms with van der Waals surface area (Å²) in [6.45, 7) is 7.48. The Bertz CT molecular complexity index is 1090. The van der Waals surface area contributed by atoms with Crippen molar-refractivity contribution in [3.05, 3.63) is 36.0 Å². The van der Waals surface area contributed by atoms with Crippen LogP contribution in [0.2, 0.25) is 0 Å². The van der Waals surface area contributed by atoms with Crippen LogP contribution in [0.3, 0.4) is 0 Å². The van der Waals surface area contributed by atoms with Crippen LogP contribution in [0.25, 0.3) is 10.9 Å². The van der Waals surface area contributed by atoms with Crippen LogP contribution < -0.4 is 21.7 Å². The smallest absolute Gasteiger partial charge is 0.327 e. The lowest BCUT2D eigenvalue weighted by Gasteiger charge is -2.28. The number of carbonyl (C=O) groups is 4. The van der Waals surface area contributed by atoms with Crippen molar-refractivity contribution in [1.29, 1.82) is 0 Å². The second-order valence-corrected chi connectivity index (χ2v) is 10.2. The molecule has 0 spiro atoms. The predicted molar refractivity (Wildman–Crippen MR) is 146 cm³/mol. The predicted octanol–water partition coefficient (Wildman–Crippen LogP) is 1.60. The number of carboxylic acid groups (broad SMARTS) is 1. The molecule has 2 rings (SSSR count). The molecule has 5 unspecified atom stereocenters. The zero-order valence-corrected chi connectivity index (χ0v) is 22.7. The Kier molecular flexibility index (Phi) is 11.4. The fraction of sp³-hybridized carbons (Fsp3) is 0.538. The number of rotatable bonds is 14. The molecule has 7 N–H and O–H groups in total. The van der Waals surface area contributed by atoms with E-state index < -0.39 is 47.9 Å². The first kappa shape index (κ1) is 30.2. The van der Waals surface area contributed by atoms with Crippen molar-refractivity contribution >= 4 is 47.2 Å².